The van der Waals surface area contributed by atoms with Crippen LogP contribution >= 0.6 is 23.2 Å². The second kappa shape index (κ2) is 5.75. The highest BCUT2D eigenvalue weighted by Crippen LogP contribution is 2.41. The van der Waals surface area contributed by atoms with Crippen molar-refractivity contribution in [1.29, 1.82) is 0 Å². The van der Waals surface area contributed by atoms with Gasteiger partial charge in [-0.1, -0.05) is 0 Å². The molecular formula is C12H20Cl2O. The summed E-state index contributed by atoms with van der Waals surface area (Å²) >= 11 is 11.6. The first kappa shape index (κ1) is 12.0. The number of alkyl halides is 2. The van der Waals surface area contributed by atoms with E-state index < -0.39 is 0 Å². The summed E-state index contributed by atoms with van der Waals surface area (Å²) in [5, 5.41) is 0. The van der Waals surface area contributed by atoms with Crippen molar-refractivity contribution in [1.82, 2.24) is 0 Å². The number of halogens is 2. The van der Waals surface area contributed by atoms with E-state index in [1.54, 1.807) is 0 Å². The van der Waals surface area contributed by atoms with Crippen LogP contribution in [-0.2, 0) is 4.74 Å². The summed E-state index contributed by atoms with van der Waals surface area (Å²) in [4.78, 5) is 0. The van der Waals surface area contributed by atoms with Crippen LogP contribution in [0.4, 0.5) is 0 Å². The van der Waals surface area contributed by atoms with E-state index in [0.717, 1.165) is 36.4 Å². The van der Waals surface area contributed by atoms with Gasteiger partial charge < -0.3 is 4.74 Å². The molecule has 2 fully saturated rings. The van der Waals surface area contributed by atoms with Crippen molar-refractivity contribution in [2.45, 2.75) is 50.7 Å². The monoisotopic (exact) mass is 250 g/mol. The van der Waals surface area contributed by atoms with Crippen LogP contribution in [-0.4, -0.2) is 24.0 Å². The van der Waals surface area contributed by atoms with Crippen molar-refractivity contribution < 1.29 is 4.74 Å². The summed E-state index contributed by atoms with van der Waals surface area (Å²) in [6.45, 7) is 0. The van der Waals surface area contributed by atoms with Crippen LogP contribution in [0.3, 0.4) is 0 Å². The Morgan fingerprint density at radius 3 is 1.53 bits per heavy atom. The van der Waals surface area contributed by atoms with Crippen molar-refractivity contribution >= 4 is 23.2 Å². The van der Waals surface area contributed by atoms with E-state index in [1.807, 2.05) is 0 Å². The van der Waals surface area contributed by atoms with Crippen LogP contribution in [0, 0.1) is 11.8 Å². The third-order valence-electron chi connectivity index (χ3n) is 3.43. The second-order valence-electron chi connectivity index (χ2n) is 4.84. The van der Waals surface area contributed by atoms with Crippen LogP contribution in [0.1, 0.15) is 38.5 Å². The second-order valence-corrected chi connectivity index (χ2v) is 5.60. The van der Waals surface area contributed by atoms with Crippen LogP contribution in [0.5, 0.6) is 0 Å². The molecule has 0 N–H and O–H groups in total. The van der Waals surface area contributed by atoms with Gasteiger partial charge in [0.15, 0.2) is 0 Å². The van der Waals surface area contributed by atoms with Crippen LogP contribution in [0.25, 0.3) is 0 Å². The third-order valence-corrected chi connectivity index (χ3v) is 3.87. The third kappa shape index (κ3) is 3.80. The number of hydrogen-bond donors (Lipinski definition) is 0. The van der Waals surface area contributed by atoms with E-state index in [4.69, 9.17) is 27.9 Å². The lowest BCUT2D eigenvalue weighted by atomic mass is 10.1. The van der Waals surface area contributed by atoms with Gasteiger partial charge >= 0.3 is 0 Å². The standard InChI is InChI=1S/C12H20Cl2O/c13-7-5-11(9-1-2-9)15-12(6-8-14)10-3-4-10/h9-12H,1-8H2. The molecule has 0 bridgehead atoms. The summed E-state index contributed by atoms with van der Waals surface area (Å²) in [7, 11) is 0. The Bertz CT molecular complexity index is 170. The van der Waals surface area contributed by atoms with Crippen molar-refractivity contribution in [3.63, 3.8) is 0 Å². The molecule has 0 aromatic heterocycles. The lowest BCUT2D eigenvalue weighted by Crippen LogP contribution is -2.26. The van der Waals surface area contributed by atoms with E-state index in [-0.39, 0.29) is 0 Å². The van der Waals surface area contributed by atoms with Gasteiger partial charge in [-0.05, 0) is 50.4 Å². The Kier molecular flexibility index (Phi) is 4.60. The average Bonchev–Trinajstić information content (AvgIpc) is 3.05. The molecular weight excluding hydrogens is 231 g/mol. The Labute approximate surface area is 102 Å². The van der Waals surface area contributed by atoms with Crippen molar-refractivity contribution in [2.24, 2.45) is 11.8 Å². The molecule has 15 heavy (non-hydrogen) atoms. The molecule has 2 aliphatic rings. The lowest BCUT2D eigenvalue weighted by Gasteiger charge is -2.24. The summed E-state index contributed by atoms with van der Waals surface area (Å²) in [5.41, 5.74) is 0. The maximum atomic E-state index is 6.21. The van der Waals surface area contributed by atoms with Gasteiger partial charge in [0.25, 0.3) is 0 Å². The Hall–Kier alpha value is 0.540. The number of rotatable bonds is 8. The molecule has 0 heterocycles. The van der Waals surface area contributed by atoms with E-state index in [9.17, 15) is 0 Å². The number of ether oxygens (including phenoxy) is 1. The Morgan fingerprint density at radius 2 is 1.27 bits per heavy atom. The molecule has 2 rings (SSSR count). The minimum atomic E-state index is 0.413. The fourth-order valence-electron chi connectivity index (χ4n) is 2.21. The number of hydrogen-bond acceptors (Lipinski definition) is 1. The highest BCUT2D eigenvalue weighted by atomic mass is 35.5. The summed E-state index contributed by atoms with van der Waals surface area (Å²) in [6.07, 6.45) is 8.18. The molecule has 0 aromatic carbocycles. The van der Waals surface area contributed by atoms with Crippen molar-refractivity contribution in [3.8, 4) is 0 Å². The minimum Gasteiger partial charge on any atom is -0.374 e. The molecule has 1 nitrogen and oxygen atoms in total. The highest BCUT2D eigenvalue weighted by molar-refractivity contribution is 6.18. The van der Waals surface area contributed by atoms with Crippen molar-refractivity contribution in [3.05, 3.63) is 0 Å². The van der Waals surface area contributed by atoms with E-state index in [1.165, 1.54) is 25.7 Å². The topological polar surface area (TPSA) is 9.23 Å². The summed E-state index contributed by atoms with van der Waals surface area (Å²) < 4.78 is 6.21. The maximum absolute atomic E-state index is 6.21. The molecule has 0 spiro atoms. The SMILES string of the molecule is ClCCC(OC(CCCl)C1CC1)C1CC1. The molecule has 2 saturated carbocycles. The smallest absolute Gasteiger partial charge is 0.0618 e. The van der Waals surface area contributed by atoms with Gasteiger partial charge in [-0.2, -0.15) is 0 Å². The van der Waals surface area contributed by atoms with Crippen molar-refractivity contribution in [2.75, 3.05) is 11.8 Å². The van der Waals surface area contributed by atoms with Gasteiger partial charge in [-0.3, -0.25) is 0 Å². The van der Waals surface area contributed by atoms with Crippen LogP contribution in [0.2, 0.25) is 0 Å². The zero-order chi connectivity index (χ0) is 10.7. The first-order valence-electron chi connectivity index (χ1n) is 6.12. The molecule has 2 aliphatic carbocycles. The molecule has 2 unspecified atom stereocenters. The van der Waals surface area contributed by atoms with Gasteiger partial charge in [0.2, 0.25) is 0 Å². The maximum Gasteiger partial charge on any atom is 0.0618 e. The fraction of sp³-hybridized carbons (Fsp3) is 1.00. The van der Waals surface area contributed by atoms with E-state index in [2.05, 4.69) is 0 Å². The molecule has 0 amide bonds. The minimum absolute atomic E-state index is 0.413. The van der Waals surface area contributed by atoms with Gasteiger partial charge in [0, 0.05) is 11.8 Å². The Morgan fingerprint density at radius 1 is 0.867 bits per heavy atom. The highest BCUT2D eigenvalue weighted by Gasteiger charge is 2.37. The predicted octanol–water partition coefficient (Wildman–Crippen LogP) is 3.82. The van der Waals surface area contributed by atoms with Gasteiger partial charge in [0.1, 0.15) is 0 Å². The molecule has 0 radical (unpaired) electrons. The molecule has 3 heteroatoms. The van der Waals surface area contributed by atoms with E-state index in [0.29, 0.717) is 12.2 Å². The zero-order valence-electron chi connectivity index (χ0n) is 9.13. The predicted molar refractivity (Wildman–Crippen MR) is 64.8 cm³/mol. The van der Waals surface area contributed by atoms with Gasteiger partial charge in [0.05, 0.1) is 12.2 Å². The first-order valence-corrected chi connectivity index (χ1v) is 7.19. The molecule has 0 aliphatic heterocycles. The van der Waals surface area contributed by atoms with Gasteiger partial charge in [-0.25, -0.2) is 0 Å². The normalized spacial score (nSPS) is 25.2. The van der Waals surface area contributed by atoms with E-state index >= 15 is 0 Å². The molecule has 2 atom stereocenters. The molecule has 88 valence electrons. The quantitative estimate of drug-likeness (QED) is 0.596. The molecule has 0 aromatic rings. The fourth-order valence-corrected chi connectivity index (χ4v) is 2.64. The zero-order valence-corrected chi connectivity index (χ0v) is 10.6. The lowest BCUT2D eigenvalue weighted by molar-refractivity contribution is -0.0369. The first-order chi connectivity index (χ1) is 7.35. The van der Waals surface area contributed by atoms with Crippen LogP contribution in [0.15, 0.2) is 0 Å². The van der Waals surface area contributed by atoms with Gasteiger partial charge in [-0.15, -0.1) is 23.2 Å². The summed E-state index contributed by atoms with van der Waals surface area (Å²) in [6, 6.07) is 0. The summed E-state index contributed by atoms with van der Waals surface area (Å²) in [5.74, 6) is 3.03. The Balaban J connectivity index is 1.78. The average molecular weight is 251 g/mol. The molecule has 0 saturated heterocycles. The largest absolute Gasteiger partial charge is 0.374 e. The van der Waals surface area contributed by atoms with Crippen LogP contribution < -0.4 is 0 Å².